The van der Waals surface area contributed by atoms with E-state index in [2.05, 4.69) is 21.4 Å². The highest BCUT2D eigenvalue weighted by atomic mass is 32.1. The highest BCUT2D eigenvalue weighted by molar-refractivity contribution is 7.23. The van der Waals surface area contributed by atoms with Gasteiger partial charge in [0.05, 0.1) is 15.9 Å². The molecule has 0 saturated heterocycles. The molecule has 0 fully saturated rings. The van der Waals surface area contributed by atoms with E-state index in [4.69, 9.17) is 11.5 Å². The highest BCUT2D eigenvalue weighted by Gasteiger charge is 2.24. The van der Waals surface area contributed by atoms with E-state index in [1.54, 1.807) is 0 Å². The van der Waals surface area contributed by atoms with Crippen molar-refractivity contribution in [2.24, 2.45) is 0 Å². The number of aryl methyl sites for hydroxylation is 1. The van der Waals surface area contributed by atoms with E-state index in [9.17, 15) is 10.1 Å². The molecule has 1 amide bonds. The summed E-state index contributed by atoms with van der Waals surface area (Å²) in [6.07, 6.45) is 0. The summed E-state index contributed by atoms with van der Waals surface area (Å²) in [5.41, 5.74) is 16.3. The van der Waals surface area contributed by atoms with Crippen molar-refractivity contribution in [3.05, 3.63) is 64.5 Å². The van der Waals surface area contributed by atoms with Crippen LogP contribution in [0, 0.1) is 18.3 Å². The molecule has 0 saturated carbocycles. The highest BCUT2D eigenvalue weighted by Crippen LogP contribution is 2.43. The number of nitrogens with one attached hydrogen (secondary N) is 1. The number of carbonyl (C=O) groups excluding carboxylic acids is 1. The van der Waals surface area contributed by atoms with E-state index < -0.39 is 0 Å². The number of hydrogen-bond donors (Lipinski definition) is 3. The third-order valence-electron chi connectivity index (χ3n) is 5.08. The largest absolute Gasteiger partial charge is 0.397 e. The van der Waals surface area contributed by atoms with Gasteiger partial charge in [-0.1, -0.05) is 53.3 Å². The Hall–Kier alpha value is -4.00. The Labute approximate surface area is 191 Å². The molecule has 32 heavy (non-hydrogen) atoms. The number of benzene rings is 2. The molecule has 5 N–H and O–H groups in total. The van der Waals surface area contributed by atoms with Crippen LogP contribution in [-0.2, 0) is 0 Å². The summed E-state index contributed by atoms with van der Waals surface area (Å²) in [4.78, 5) is 22.7. The van der Waals surface area contributed by atoms with Crippen molar-refractivity contribution in [2.45, 2.75) is 6.92 Å². The molecule has 0 bridgehead atoms. The fraction of sp³-hybridized carbons (Fsp3) is 0.0435. The topological polar surface area (TPSA) is 131 Å². The lowest BCUT2D eigenvalue weighted by molar-refractivity contribution is 0.103. The number of carbonyl (C=O) groups is 1. The first-order chi connectivity index (χ1) is 15.5. The van der Waals surface area contributed by atoms with Crippen LogP contribution >= 0.6 is 22.7 Å². The van der Waals surface area contributed by atoms with Crippen LogP contribution in [0.25, 0.3) is 31.6 Å². The van der Waals surface area contributed by atoms with Gasteiger partial charge >= 0.3 is 0 Å². The first-order valence-corrected chi connectivity index (χ1v) is 11.2. The Bertz CT molecular complexity index is 1530. The van der Waals surface area contributed by atoms with Crippen LogP contribution in [-0.4, -0.2) is 15.9 Å². The SMILES string of the molecule is Cc1ccc(-c2c(C#N)c(N)nc3sc(C(=O)Nc4nc5ccccc5s4)c(N)c23)cc1. The van der Waals surface area contributed by atoms with Crippen LogP contribution in [0.2, 0.25) is 0 Å². The number of thiophene rings is 1. The first-order valence-electron chi connectivity index (χ1n) is 9.61. The minimum atomic E-state index is -0.378. The van der Waals surface area contributed by atoms with E-state index in [0.29, 0.717) is 25.8 Å². The molecule has 0 spiro atoms. The van der Waals surface area contributed by atoms with Gasteiger partial charge in [0.1, 0.15) is 27.2 Å². The monoisotopic (exact) mass is 456 g/mol. The second kappa shape index (κ2) is 7.60. The number of nitrogens with two attached hydrogens (primary N) is 2. The fourth-order valence-corrected chi connectivity index (χ4v) is 5.41. The predicted octanol–water partition coefficient (Wildman–Crippen LogP) is 5.17. The van der Waals surface area contributed by atoms with Gasteiger partial charge in [0.25, 0.3) is 5.91 Å². The Kier molecular flexibility index (Phi) is 4.74. The lowest BCUT2D eigenvalue weighted by Crippen LogP contribution is -2.11. The van der Waals surface area contributed by atoms with Gasteiger partial charge in [0, 0.05) is 10.9 Å². The first kappa shape index (κ1) is 19.9. The number of fused-ring (bicyclic) bond motifs is 2. The normalized spacial score (nSPS) is 11.0. The summed E-state index contributed by atoms with van der Waals surface area (Å²) in [6, 6.07) is 17.5. The Morgan fingerprint density at radius 3 is 2.53 bits per heavy atom. The van der Waals surface area contributed by atoms with Gasteiger partial charge in [-0.15, -0.1) is 11.3 Å². The summed E-state index contributed by atoms with van der Waals surface area (Å²) < 4.78 is 0.974. The molecule has 0 aliphatic rings. The van der Waals surface area contributed by atoms with Crippen molar-refractivity contribution in [1.29, 1.82) is 5.26 Å². The molecule has 0 atom stereocenters. The molecule has 0 radical (unpaired) electrons. The summed E-state index contributed by atoms with van der Waals surface area (Å²) in [5.74, 6) is -0.272. The average Bonchev–Trinajstić information content (AvgIpc) is 3.33. The number of amides is 1. The Morgan fingerprint density at radius 2 is 1.81 bits per heavy atom. The number of nitrogen functional groups attached to an aromatic ring is 2. The van der Waals surface area contributed by atoms with Crippen LogP contribution in [0.1, 0.15) is 20.8 Å². The maximum absolute atomic E-state index is 13.1. The predicted molar refractivity (Wildman–Crippen MR) is 131 cm³/mol. The number of thiazole rings is 1. The molecular weight excluding hydrogens is 440 g/mol. The number of anilines is 3. The average molecular weight is 457 g/mol. The molecule has 7 nitrogen and oxygen atoms in total. The van der Waals surface area contributed by atoms with E-state index in [0.717, 1.165) is 32.7 Å². The van der Waals surface area contributed by atoms with Crippen LogP contribution in [0.15, 0.2) is 48.5 Å². The smallest absolute Gasteiger partial charge is 0.269 e. The summed E-state index contributed by atoms with van der Waals surface area (Å²) in [6.45, 7) is 1.98. The number of pyridine rings is 1. The van der Waals surface area contributed by atoms with Gasteiger partial charge in [0.2, 0.25) is 0 Å². The van der Waals surface area contributed by atoms with Crippen LogP contribution in [0.5, 0.6) is 0 Å². The molecule has 0 aliphatic carbocycles. The van der Waals surface area contributed by atoms with Gasteiger partial charge < -0.3 is 11.5 Å². The molecule has 9 heteroatoms. The van der Waals surface area contributed by atoms with Crippen LogP contribution in [0.3, 0.4) is 0 Å². The lowest BCUT2D eigenvalue weighted by atomic mass is 9.96. The minimum Gasteiger partial charge on any atom is -0.397 e. The number of hydrogen-bond acceptors (Lipinski definition) is 8. The van der Waals surface area contributed by atoms with Gasteiger partial charge in [-0.25, -0.2) is 9.97 Å². The van der Waals surface area contributed by atoms with Crippen molar-refractivity contribution in [3.8, 4) is 17.2 Å². The number of para-hydroxylation sites is 1. The van der Waals surface area contributed by atoms with Crippen molar-refractivity contribution < 1.29 is 4.79 Å². The molecule has 3 aromatic heterocycles. The number of aromatic nitrogens is 2. The van der Waals surface area contributed by atoms with Gasteiger partial charge in [-0.3, -0.25) is 10.1 Å². The van der Waals surface area contributed by atoms with E-state index >= 15 is 0 Å². The Morgan fingerprint density at radius 1 is 1.06 bits per heavy atom. The quantitative estimate of drug-likeness (QED) is 0.343. The van der Waals surface area contributed by atoms with Crippen molar-refractivity contribution in [2.75, 3.05) is 16.8 Å². The van der Waals surface area contributed by atoms with Crippen LogP contribution < -0.4 is 16.8 Å². The maximum Gasteiger partial charge on any atom is 0.269 e. The Balaban J connectivity index is 1.64. The third kappa shape index (κ3) is 3.22. The van der Waals surface area contributed by atoms with Crippen molar-refractivity contribution in [3.63, 3.8) is 0 Å². The molecule has 5 rings (SSSR count). The standard InChI is InChI=1S/C23H16N6OS2/c1-11-6-8-12(9-7-11)16-13(10-24)20(26)28-22-17(16)18(25)19(32-22)21(30)29-23-27-14-4-2-3-5-15(14)31-23/h2-9H,25H2,1H3,(H2,26,28)(H,27,29,30). The molecule has 5 aromatic rings. The number of nitriles is 1. The molecule has 156 valence electrons. The third-order valence-corrected chi connectivity index (χ3v) is 7.13. The zero-order valence-electron chi connectivity index (χ0n) is 16.8. The molecule has 0 unspecified atom stereocenters. The summed E-state index contributed by atoms with van der Waals surface area (Å²) >= 11 is 2.53. The molecule has 0 aliphatic heterocycles. The second-order valence-corrected chi connectivity index (χ2v) is 9.22. The molecule has 2 aromatic carbocycles. The van der Waals surface area contributed by atoms with E-state index in [1.165, 1.54) is 11.3 Å². The van der Waals surface area contributed by atoms with Crippen molar-refractivity contribution in [1.82, 2.24) is 9.97 Å². The number of nitrogens with zero attached hydrogens (tertiary/aromatic N) is 3. The van der Waals surface area contributed by atoms with Gasteiger partial charge in [-0.05, 0) is 24.6 Å². The maximum atomic E-state index is 13.1. The van der Waals surface area contributed by atoms with Crippen molar-refractivity contribution >= 4 is 65.7 Å². The minimum absolute atomic E-state index is 0.106. The van der Waals surface area contributed by atoms with Gasteiger partial charge in [0.15, 0.2) is 5.13 Å². The number of rotatable bonds is 3. The van der Waals surface area contributed by atoms with Crippen LogP contribution in [0.4, 0.5) is 16.6 Å². The summed E-state index contributed by atoms with van der Waals surface area (Å²) in [5, 5.41) is 13.6. The summed E-state index contributed by atoms with van der Waals surface area (Å²) in [7, 11) is 0. The second-order valence-electron chi connectivity index (χ2n) is 7.19. The molecular formula is C23H16N6OS2. The van der Waals surface area contributed by atoms with E-state index in [-0.39, 0.29) is 23.0 Å². The zero-order valence-corrected chi connectivity index (χ0v) is 18.5. The zero-order chi connectivity index (χ0) is 22.4. The van der Waals surface area contributed by atoms with E-state index in [1.807, 2.05) is 55.5 Å². The molecule has 3 heterocycles. The fourth-order valence-electron chi connectivity index (χ4n) is 3.54. The van der Waals surface area contributed by atoms with Gasteiger partial charge in [-0.2, -0.15) is 5.26 Å². The lowest BCUT2D eigenvalue weighted by Gasteiger charge is -2.10.